The summed E-state index contributed by atoms with van der Waals surface area (Å²) in [7, 11) is 0. The van der Waals surface area contributed by atoms with Crippen molar-refractivity contribution < 1.29 is 13.9 Å². The molecular formula is C22H22FN5O2S2. The largest absolute Gasteiger partial charge is 0.486 e. The van der Waals surface area contributed by atoms with Crippen molar-refractivity contribution >= 4 is 34.0 Å². The van der Waals surface area contributed by atoms with E-state index in [-0.39, 0.29) is 24.1 Å². The molecule has 2 aromatic heterocycles. The van der Waals surface area contributed by atoms with Crippen molar-refractivity contribution in [2.45, 2.75) is 50.9 Å². The zero-order valence-corrected chi connectivity index (χ0v) is 19.2. The number of rotatable bonds is 8. The highest BCUT2D eigenvalue weighted by atomic mass is 32.2. The van der Waals surface area contributed by atoms with E-state index in [2.05, 4.69) is 21.6 Å². The lowest BCUT2D eigenvalue weighted by molar-refractivity contribution is -0.113. The van der Waals surface area contributed by atoms with E-state index in [1.54, 1.807) is 12.1 Å². The van der Waals surface area contributed by atoms with E-state index in [0.717, 1.165) is 31.2 Å². The van der Waals surface area contributed by atoms with E-state index in [9.17, 15) is 14.4 Å². The van der Waals surface area contributed by atoms with Crippen LogP contribution in [-0.2, 0) is 30.8 Å². The molecule has 0 spiro atoms. The number of nitrogens with one attached hydrogen (secondary N) is 1. The lowest BCUT2D eigenvalue weighted by atomic mass is 9.96. The van der Waals surface area contributed by atoms with Gasteiger partial charge in [0.25, 0.3) is 0 Å². The summed E-state index contributed by atoms with van der Waals surface area (Å²) in [5.74, 6) is 0.815. The van der Waals surface area contributed by atoms with E-state index in [4.69, 9.17) is 4.74 Å². The summed E-state index contributed by atoms with van der Waals surface area (Å²) >= 11 is 2.80. The number of benzene rings is 1. The standard InChI is InChI=1S/C22H22FN5O2S2/c1-2-28-19(12-30-15-9-7-14(23)8-10-15)26-27-22(28)31-13-20(29)25-21-17(11-24)16-5-3-4-6-18(16)32-21/h7-10H,2-6,12-13H2,1H3,(H,25,29). The topological polar surface area (TPSA) is 92.8 Å². The van der Waals surface area contributed by atoms with Gasteiger partial charge in [0, 0.05) is 11.4 Å². The normalized spacial score (nSPS) is 12.8. The van der Waals surface area contributed by atoms with Crippen LogP contribution in [0.3, 0.4) is 0 Å². The summed E-state index contributed by atoms with van der Waals surface area (Å²) in [6.07, 6.45) is 4.09. The van der Waals surface area contributed by atoms with Crippen molar-refractivity contribution in [3.05, 3.63) is 51.9 Å². The zero-order valence-electron chi connectivity index (χ0n) is 17.6. The Balaban J connectivity index is 1.36. The monoisotopic (exact) mass is 471 g/mol. The predicted molar refractivity (Wildman–Crippen MR) is 121 cm³/mol. The first-order valence-corrected chi connectivity index (χ1v) is 12.2. The Morgan fingerprint density at radius 3 is 2.84 bits per heavy atom. The lowest BCUT2D eigenvalue weighted by Gasteiger charge is -2.09. The Kier molecular flexibility index (Phi) is 7.07. The molecule has 1 N–H and O–H groups in total. The molecule has 0 atom stereocenters. The van der Waals surface area contributed by atoms with Crippen LogP contribution in [0.1, 0.15) is 41.6 Å². The van der Waals surface area contributed by atoms with Gasteiger partial charge in [0.05, 0.1) is 11.3 Å². The van der Waals surface area contributed by atoms with Gasteiger partial charge in [-0.3, -0.25) is 4.79 Å². The van der Waals surface area contributed by atoms with Gasteiger partial charge in [0.15, 0.2) is 11.0 Å². The number of halogens is 1. The second kappa shape index (κ2) is 10.1. The first-order valence-electron chi connectivity index (χ1n) is 10.4. The van der Waals surface area contributed by atoms with E-state index in [1.165, 1.54) is 40.1 Å². The fourth-order valence-corrected chi connectivity index (χ4v) is 5.67. The number of carbonyl (C=O) groups excluding carboxylic acids is 1. The molecule has 166 valence electrons. The maximum Gasteiger partial charge on any atom is 0.235 e. The third-order valence-corrected chi connectivity index (χ3v) is 7.33. The van der Waals surface area contributed by atoms with Crippen molar-refractivity contribution in [3.63, 3.8) is 0 Å². The highest BCUT2D eigenvalue weighted by Gasteiger charge is 2.22. The molecule has 0 aliphatic heterocycles. The number of fused-ring (bicyclic) bond motifs is 1. The van der Waals surface area contributed by atoms with Crippen molar-refractivity contribution in [2.24, 2.45) is 0 Å². The minimum atomic E-state index is -0.323. The number of amides is 1. The third-order valence-electron chi connectivity index (χ3n) is 5.16. The maximum absolute atomic E-state index is 13.0. The van der Waals surface area contributed by atoms with Crippen molar-refractivity contribution in [2.75, 3.05) is 11.1 Å². The second-order valence-electron chi connectivity index (χ2n) is 7.25. The van der Waals surface area contributed by atoms with Crippen molar-refractivity contribution in [1.82, 2.24) is 14.8 Å². The summed E-state index contributed by atoms with van der Waals surface area (Å²) in [5, 5.41) is 22.1. The van der Waals surface area contributed by atoms with Crippen LogP contribution in [0, 0.1) is 17.1 Å². The average molecular weight is 472 g/mol. The smallest absolute Gasteiger partial charge is 0.235 e. The summed E-state index contributed by atoms with van der Waals surface area (Å²) in [6, 6.07) is 8.04. The molecule has 0 unspecified atom stereocenters. The molecular weight excluding hydrogens is 449 g/mol. The molecule has 3 aromatic rings. The number of hydrogen-bond donors (Lipinski definition) is 1. The lowest BCUT2D eigenvalue weighted by Crippen LogP contribution is -2.15. The van der Waals surface area contributed by atoms with Gasteiger partial charge in [-0.1, -0.05) is 11.8 Å². The minimum Gasteiger partial charge on any atom is -0.486 e. The molecule has 0 radical (unpaired) electrons. The highest BCUT2D eigenvalue weighted by Crippen LogP contribution is 2.37. The van der Waals surface area contributed by atoms with Gasteiger partial charge < -0.3 is 14.6 Å². The van der Waals surface area contributed by atoms with Gasteiger partial charge in [0.2, 0.25) is 5.91 Å². The van der Waals surface area contributed by atoms with Crippen LogP contribution in [0.4, 0.5) is 9.39 Å². The highest BCUT2D eigenvalue weighted by molar-refractivity contribution is 7.99. The molecule has 0 saturated carbocycles. The SMILES string of the molecule is CCn1c(COc2ccc(F)cc2)nnc1SCC(=O)Nc1sc2c(c1C#N)CCCC2. The molecule has 0 fully saturated rings. The number of nitrogens with zero attached hydrogens (tertiary/aromatic N) is 4. The Bertz CT molecular complexity index is 1150. The third kappa shape index (κ3) is 4.95. The van der Waals surface area contributed by atoms with E-state index in [1.807, 2.05) is 11.5 Å². The van der Waals surface area contributed by atoms with E-state index in [0.29, 0.717) is 33.8 Å². The van der Waals surface area contributed by atoms with Crippen LogP contribution in [0.2, 0.25) is 0 Å². The first kappa shape index (κ1) is 22.3. The number of ether oxygens (including phenoxy) is 1. The second-order valence-corrected chi connectivity index (χ2v) is 9.30. The first-order chi connectivity index (χ1) is 15.6. The number of aromatic nitrogens is 3. The molecule has 7 nitrogen and oxygen atoms in total. The fourth-order valence-electron chi connectivity index (χ4n) is 3.59. The zero-order chi connectivity index (χ0) is 22.5. The molecule has 0 bridgehead atoms. The molecule has 1 aliphatic carbocycles. The molecule has 2 heterocycles. The molecule has 0 saturated heterocycles. The molecule has 32 heavy (non-hydrogen) atoms. The Hall–Kier alpha value is -2.90. The van der Waals surface area contributed by atoms with Gasteiger partial charge >= 0.3 is 0 Å². The Morgan fingerprint density at radius 1 is 1.31 bits per heavy atom. The minimum absolute atomic E-state index is 0.157. The summed E-state index contributed by atoms with van der Waals surface area (Å²) < 4.78 is 20.6. The van der Waals surface area contributed by atoms with Crippen LogP contribution in [-0.4, -0.2) is 26.4 Å². The summed E-state index contributed by atoms with van der Waals surface area (Å²) in [6.45, 7) is 2.77. The number of anilines is 1. The number of aryl methyl sites for hydroxylation is 1. The average Bonchev–Trinajstić information content (AvgIpc) is 3.36. The van der Waals surface area contributed by atoms with Gasteiger partial charge in [-0.2, -0.15) is 5.26 Å². The van der Waals surface area contributed by atoms with Crippen LogP contribution in [0.25, 0.3) is 0 Å². The molecule has 10 heteroatoms. The van der Waals surface area contributed by atoms with Crippen molar-refractivity contribution in [3.8, 4) is 11.8 Å². The van der Waals surface area contributed by atoms with Gasteiger partial charge in [-0.15, -0.1) is 21.5 Å². The fraction of sp³-hybridized carbons (Fsp3) is 0.364. The molecule has 1 aromatic carbocycles. The van der Waals surface area contributed by atoms with Crippen LogP contribution in [0.15, 0.2) is 29.4 Å². The summed E-state index contributed by atoms with van der Waals surface area (Å²) in [5.41, 5.74) is 1.71. The maximum atomic E-state index is 13.0. The number of hydrogen-bond acceptors (Lipinski definition) is 7. The van der Waals surface area contributed by atoms with Gasteiger partial charge in [-0.25, -0.2) is 4.39 Å². The quantitative estimate of drug-likeness (QED) is 0.484. The van der Waals surface area contributed by atoms with E-state index < -0.39 is 0 Å². The van der Waals surface area contributed by atoms with Crippen LogP contribution >= 0.6 is 23.1 Å². The van der Waals surface area contributed by atoms with Crippen LogP contribution < -0.4 is 10.1 Å². The van der Waals surface area contributed by atoms with Gasteiger partial charge in [-0.05, 0) is 62.4 Å². The number of nitriles is 1. The number of thioether (sulfide) groups is 1. The number of carbonyl (C=O) groups is 1. The van der Waals surface area contributed by atoms with Crippen molar-refractivity contribution in [1.29, 1.82) is 5.26 Å². The Labute approximate surface area is 193 Å². The number of thiophene rings is 1. The Morgan fingerprint density at radius 2 is 2.09 bits per heavy atom. The molecule has 4 rings (SSSR count). The molecule has 1 amide bonds. The van der Waals surface area contributed by atoms with Gasteiger partial charge in [0.1, 0.15) is 29.2 Å². The molecule has 1 aliphatic rings. The predicted octanol–water partition coefficient (Wildman–Crippen LogP) is 4.56. The summed E-state index contributed by atoms with van der Waals surface area (Å²) in [4.78, 5) is 13.8. The van der Waals surface area contributed by atoms with E-state index >= 15 is 0 Å². The van der Waals surface area contributed by atoms with Crippen LogP contribution in [0.5, 0.6) is 5.75 Å².